The predicted octanol–water partition coefficient (Wildman–Crippen LogP) is 2.43. The Morgan fingerprint density at radius 2 is 1.92 bits per heavy atom. The summed E-state index contributed by atoms with van der Waals surface area (Å²) in [5, 5.41) is 20.8. The average molecular weight is 349 g/mol. The van der Waals surface area contributed by atoms with E-state index in [9.17, 15) is 20.0 Å². The number of nitro groups is 1. The van der Waals surface area contributed by atoms with Crippen molar-refractivity contribution in [3.05, 3.63) is 34.4 Å². The van der Waals surface area contributed by atoms with Gasteiger partial charge in [-0.15, -0.1) is 0 Å². The van der Waals surface area contributed by atoms with Gasteiger partial charge in [0.15, 0.2) is 0 Å². The highest BCUT2D eigenvalue weighted by atomic mass is 16.6. The van der Waals surface area contributed by atoms with E-state index in [0.29, 0.717) is 38.2 Å². The van der Waals surface area contributed by atoms with Gasteiger partial charge in [-0.2, -0.15) is 0 Å². The maximum Gasteiger partial charge on any atom is 0.292 e. The second-order valence-electron chi connectivity index (χ2n) is 6.94. The normalized spacial score (nSPS) is 16.8. The lowest BCUT2D eigenvalue weighted by Crippen LogP contribution is -2.47. The van der Waals surface area contributed by atoms with Gasteiger partial charge in [-0.25, -0.2) is 0 Å². The lowest BCUT2D eigenvalue weighted by molar-refractivity contribution is -0.384. The lowest BCUT2D eigenvalue weighted by atomic mass is 9.94. The number of aliphatic hydroxyl groups is 1. The fraction of sp³-hybridized carbons (Fsp3) is 0.611. The second kappa shape index (κ2) is 8.29. The maximum absolute atomic E-state index is 12.8. The molecule has 1 saturated heterocycles. The van der Waals surface area contributed by atoms with Crippen molar-refractivity contribution in [3.8, 4) is 0 Å². The summed E-state index contributed by atoms with van der Waals surface area (Å²) in [5.74, 6) is -0.0294. The summed E-state index contributed by atoms with van der Waals surface area (Å²) >= 11 is 0. The Balaban J connectivity index is 2.04. The molecule has 1 unspecified atom stereocenters. The molecule has 0 saturated carbocycles. The summed E-state index contributed by atoms with van der Waals surface area (Å²) < 4.78 is 0. The minimum Gasteiger partial charge on any atom is -0.392 e. The SMILES string of the molecule is CC(O)CN(C(=O)C1CCN(c2ccccc2[N+](=O)[O-])CC1)C(C)C. The van der Waals surface area contributed by atoms with Crippen LogP contribution in [0, 0.1) is 16.0 Å². The van der Waals surface area contributed by atoms with E-state index in [1.807, 2.05) is 18.7 Å². The number of aliphatic hydroxyl groups excluding tert-OH is 1. The van der Waals surface area contributed by atoms with Crippen LogP contribution in [-0.4, -0.2) is 52.6 Å². The van der Waals surface area contributed by atoms with Gasteiger partial charge in [0.25, 0.3) is 5.69 Å². The van der Waals surface area contributed by atoms with Crippen LogP contribution in [-0.2, 0) is 4.79 Å². The molecule has 1 N–H and O–H groups in total. The molecule has 0 bridgehead atoms. The number of carbonyl (C=O) groups is 1. The molecule has 1 aliphatic heterocycles. The number of nitrogens with zero attached hydrogens (tertiary/aromatic N) is 3. The van der Waals surface area contributed by atoms with Crippen LogP contribution in [0.5, 0.6) is 0 Å². The van der Waals surface area contributed by atoms with E-state index < -0.39 is 6.10 Å². The minimum atomic E-state index is -0.557. The molecule has 1 aromatic carbocycles. The smallest absolute Gasteiger partial charge is 0.292 e. The first-order valence-corrected chi connectivity index (χ1v) is 8.78. The van der Waals surface area contributed by atoms with Gasteiger partial charge in [0.2, 0.25) is 5.91 Å². The molecule has 0 radical (unpaired) electrons. The van der Waals surface area contributed by atoms with Crippen LogP contribution in [0.15, 0.2) is 24.3 Å². The van der Waals surface area contributed by atoms with Crippen molar-refractivity contribution in [2.45, 2.75) is 45.8 Å². The highest BCUT2D eigenvalue weighted by Gasteiger charge is 2.31. The number of rotatable bonds is 6. The Morgan fingerprint density at radius 3 is 2.44 bits per heavy atom. The van der Waals surface area contributed by atoms with Gasteiger partial charge in [-0.1, -0.05) is 12.1 Å². The molecule has 25 heavy (non-hydrogen) atoms. The molecular weight excluding hydrogens is 322 g/mol. The molecule has 7 nitrogen and oxygen atoms in total. The van der Waals surface area contributed by atoms with Crippen molar-refractivity contribution in [1.29, 1.82) is 0 Å². The van der Waals surface area contributed by atoms with Gasteiger partial charge >= 0.3 is 0 Å². The Bertz CT molecular complexity index is 610. The monoisotopic (exact) mass is 349 g/mol. The molecule has 1 amide bonds. The van der Waals surface area contributed by atoms with E-state index in [-0.39, 0.29) is 28.5 Å². The quantitative estimate of drug-likeness (QED) is 0.629. The molecule has 0 spiro atoms. The number of anilines is 1. The second-order valence-corrected chi connectivity index (χ2v) is 6.94. The van der Waals surface area contributed by atoms with Crippen LogP contribution in [0.2, 0.25) is 0 Å². The summed E-state index contributed by atoms with van der Waals surface area (Å²) in [4.78, 5) is 27.3. The molecular formula is C18H27N3O4. The highest BCUT2D eigenvalue weighted by molar-refractivity contribution is 5.79. The van der Waals surface area contributed by atoms with Gasteiger partial charge in [0.1, 0.15) is 5.69 Å². The number of amides is 1. The highest BCUT2D eigenvalue weighted by Crippen LogP contribution is 2.31. The minimum absolute atomic E-state index is 0.0374. The molecule has 138 valence electrons. The molecule has 1 fully saturated rings. The summed E-state index contributed by atoms with van der Waals surface area (Å²) in [7, 11) is 0. The molecule has 1 heterocycles. The van der Waals surface area contributed by atoms with Crippen LogP contribution in [0.4, 0.5) is 11.4 Å². The van der Waals surface area contributed by atoms with E-state index in [1.54, 1.807) is 30.0 Å². The zero-order valence-electron chi connectivity index (χ0n) is 15.1. The topological polar surface area (TPSA) is 86.9 Å². The van der Waals surface area contributed by atoms with Crippen molar-refractivity contribution in [3.63, 3.8) is 0 Å². The number of hydrogen-bond acceptors (Lipinski definition) is 5. The number of piperidine rings is 1. The number of hydrogen-bond donors (Lipinski definition) is 1. The fourth-order valence-corrected chi connectivity index (χ4v) is 3.33. The molecule has 2 rings (SSSR count). The number of carbonyl (C=O) groups excluding carboxylic acids is 1. The first kappa shape index (κ1) is 19.2. The molecule has 0 aromatic heterocycles. The Kier molecular flexibility index (Phi) is 6.36. The van der Waals surface area contributed by atoms with E-state index in [1.165, 1.54) is 6.07 Å². The van der Waals surface area contributed by atoms with Crippen LogP contribution in [0.1, 0.15) is 33.6 Å². The van der Waals surface area contributed by atoms with E-state index >= 15 is 0 Å². The van der Waals surface area contributed by atoms with Gasteiger partial charge in [0.05, 0.1) is 11.0 Å². The molecule has 1 aromatic rings. The molecule has 0 aliphatic carbocycles. The van der Waals surface area contributed by atoms with Crippen LogP contribution in [0.3, 0.4) is 0 Å². The molecule has 7 heteroatoms. The first-order chi connectivity index (χ1) is 11.8. The first-order valence-electron chi connectivity index (χ1n) is 8.78. The Labute approximate surface area is 148 Å². The van der Waals surface area contributed by atoms with Gasteiger partial charge in [-0.05, 0) is 39.7 Å². The van der Waals surface area contributed by atoms with Gasteiger partial charge in [0, 0.05) is 37.7 Å². The van der Waals surface area contributed by atoms with Crippen molar-refractivity contribution >= 4 is 17.3 Å². The number of nitro benzene ring substituents is 1. The predicted molar refractivity (Wildman–Crippen MR) is 96.6 cm³/mol. The third-order valence-corrected chi connectivity index (χ3v) is 4.63. The van der Waals surface area contributed by atoms with Crippen LogP contribution in [0.25, 0.3) is 0 Å². The molecule has 1 aliphatic rings. The number of benzene rings is 1. The third kappa shape index (κ3) is 4.69. The fourth-order valence-electron chi connectivity index (χ4n) is 3.33. The third-order valence-electron chi connectivity index (χ3n) is 4.63. The summed E-state index contributed by atoms with van der Waals surface area (Å²) in [6, 6.07) is 6.76. The summed E-state index contributed by atoms with van der Waals surface area (Å²) in [5.41, 5.74) is 0.716. The van der Waals surface area contributed by atoms with E-state index in [0.717, 1.165) is 0 Å². The van der Waals surface area contributed by atoms with Crippen molar-refractivity contribution in [1.82, 2.24) is 4.90 Å². The van der Waals surface area contributed by atoms with Gasteiger partial charge in [-0.3, -0.25) is 14.9 Å². The standard InChI is InChI=1S/C18H27N3O4/c1-13(2)20(12-14(3)22)18(23)15-8-10-19(11-9-15)16-6-4-5-7-17(16)21(24)25/h4-7,13-15,22H,8-12H2,1-3H3. The van der Waals surface area contributed by atoms with E-state index in [2.05, 4.69) is 0 Å². The van der Waals surface area contributed by atoms with Crippen LogP contribution < -0.4 is 4.90 Å². The summed E-state index contributed by atoms with van der Waals surface area (Å²) in [6.07, 6.45) is 0.764. The lowest BCUT2D eigenvalue weighted by Gasteiger charge is -2.37. The Morgan fingerprint density at radius 1 is 1.32 bits per heavy atom. The maximum atomic E-state index is 12.8. The van der Waals surface area contributed by atoms with Crippen molar-refractivity contribution < 1.29 is 14.8 Å². The molecule has 1 atom stereocenters. The van der Waals surface area contributed by atoms with Crippen molar-refractivity contribution in [2.75, 3.05) is 24.5 Å². The van der Waals surface area contributed by atoms with Gasteiger partial charge < -0.3 is 14.9 Å². The summed E-state index contributed by atoms with van der Waals surface area (Å²) in [6.45, 7) is 7.13. The average Bonchev–Trinajstić information content (AvgIpc) is 2.59. The Hall–Kier alpha value is -2.15. The number of para-hydroxylation sites is 2. The zero-order valence-corrected chi connectivity index (χ0v) is 15.1. The van der Waals surface area contributed by atoms with Crippen molar-refractivity contribution in [2.24, 2.45) is 5.92 Å². The zero-order chi connectivity index (χ0) is 18.6. The van der Waals surface area contributed by atoms with Crippen LogP contribution >= 0.6 is 0 Å². The van der Waals surface area contributed by atoms with E-state index in [4.69, 9.17) is 0 Å². The largest absolute Gasteiger partial charge is 0.392 e.